The van der Waals surface area contributed by atoms with E-state index in [1.54, 1.807) is 0 Å². The van der Waals surface area contributed by atoms with Crippen LogP contribution in [-0.2, 0) is 10.1 Å². The fraction of sp³-hybridized carbons (Fsp3) is 0.167. The Balaban J connectivity index is 2.65. The molecule has 0 spiro atoms. The van der Waals surface area contributed by atoms with Gasteiger partial charge in [-0.25, -0.2) is 4.39 Å². The molecule has 2 aromatic rings. The molecule has 0 aliphatic carbocycles. The van der Waals surface area contributed by atoms with Crippen molar-refractivity contribution in [3.63, 3.8) is 0 Å². The molecule has 0 saturated heterocycles. The zero-order valence-corrected chi connectivity index (χ0v) is 11.3. The summed E-state index contributed by atoms with van der Waals surface area (Å²) in [5.41, 5.74) is -5.65. The van der Waals surface area contributed by atoms with Gasteiger partial charge in [-0.15, -0.1) is 0 Å². The fourth-order valence-corrected chi connectivity index (χ4v) is 2.10. The predicted molar refractivity (Wildman–Crippen MR) is 66.1 cm³/mol. The van der Waals surface area contributed by atoms with E-state index in [1.807, 2.05) is 0 Å². The molecule has 0 atom stereocenters. The van der Waals surface area contributed by atoms with Crippen molar-refractivity contribution in [3.05, 3.63) is 36.1 Å². The molecule has 2 aromatic carbocycles. The number of halogens is 4. The summed E-state index contributed by atoms with van der Waals surface area (Å²) in [6.45, 7) is 0. The van der Waals surface area contributed by atoms with Gasteiger partial charge < -0.3 is 8.92 Å². The summed E-state index contributed by atoms with van der Waals surface area (Å²) < 4.78 is 81.5. The Bertz CT molecular complexity index is 784. The third kappa shape index (κ3) is 2.87. The van der Waals surface area contributed by atoms with Crippen LogP contribution in [0.15, 0.2) is 30.3 Å². The SMILES string of the molecule is COc1ccc2ccc(F)c(OS(=O)(=O)C(F)(F)F)c2c1. The Labute approximate surface area is 117 Å². The zero-order chi connectivity index (χ0) is 15.8. The Morgan fingerprint density at radius 2 is 1.71 bits per heavy atom. The molecular formula is C12H8F4O4S. The van der Waals surface area contributed by atoms with Gasteiger partial charge in [0.05, 0.1) is 7.11 Å². The molecule has 0 aliphatic heterocycles. The van der Waals surface area contributed by atoms with Gasteiger partial charge in [-0.1, -0.05) is 12.1 Å². The van der Waals surface area contributed by atoms with Gasteiger partial charge in [0.2, 0.25) is 0 Å². The number of ether oxygens (including phenoxy) is 1. The number of methoxy groups -OCH3 is 1. The van der Waals surface area contributed by atoms with E-state index >= 15 is 0 Å². The molecule has 0 fully saturated rings. The second kappa shape index (κ2) is 5.06. The van der Waals surface area contributed by atoms with E-state index in [0.717, 1.165) is 6.07 Å². The van der Waals surface area contributed by atoms with E-state index in [9.17, 15) is 26.0 Å². The summed E-state index contributed by atoms with van der Waals surface area (Å²) >= 11 is 0. The second-order valence-electron chi connectivity index (χ2n) is 3.95. The first-order chi connectivity index (χ1) is 9.65. The average molecular weight is 324 g/mol. The number of fused-ring (bicyclic) bond motifs is 1. The van der Waals surface area contributed by atoms with Crippen LogP contribution in [0.3, 0.4) is 0 Å². The van der Waals surface area contributed by atoms with Gasteiger partial charge >= 0.3 is 15.6 Å². The Morgan fingerprint density at radius 3 is 2.29 bits per heavy atom. The van der Waals surface area contributed by atoms with Crippen LogP contribution < -0.4 is 8.92 Å². The molecule has 0 bridgehead atoms. The van der Waals surface area contributed by atoms with Crippen molar-refractivity contribution >= 4 is 20.9 Å². The van der Waals surface area contributed by atoms with Crippen LogP contribution in [0.2, 0.25) is 0 Å². The molecule has 0 amide bonds. The maximum Gasteiger partial charge on any atom is 0.534 e. The summed E-state index contributed by atoms with van der Waals surface area (Å²) in [7, 11) is -4.67. The van der Waals surface area contributed by atoms with E-state index < -0.39 is 27.2 Å². The van der Waals surface area contributed by atoms with Crippen LogP contribution in [0, 0.1) is 5.82 Å². The Kier molecular flexibility index (Phi) is 3.70. The third-order valence-corrected chi connectivity index (χ3v) is 3.56. The highest BCUT2D eigenvalue weighted by Gasteiger charge is 2.49. The number of rotatable bonds is 3. The highest BCUT2D eigenvalue weighted by atomic mass is 32.2. The lowest BCUT2D eigenvalue weighted by atomic mass is 10.1. The van der Waals surface area contributed by atoms with E-state index in [-0.39, 0.29) is 11.1 Å². The second-order valence-corrected chi connectivity index (χ2v) is 5.48. The predicted octanol–water partition coefficient (Wildman–Crippen LogP) is 3.22. The molecular weight excluding hydrogens is 316 g/mol. The molecule has 0 radical (unpaired) electrons. The van der Waals surface area contributed by atoms with Gasteiger partial charge in [-0.2, -0.15) is 21.6 Å². The van der Waals surface area contributed by atoms with Crippen molar-refractivity contribution < 1.29 is 34.9 Å². The molecule has 0 aliphatic rings. The van der Waals surface area contributed by atoms with Gasteiger partial charge in [-0.3, -0.25) is 0 Å². The quantitative estimate of drug-likeness (QED) is 0.494. The average Bonchev–Trinajstić information content (AvgIpc) is 2.40. The number of hydrogen-bond acceptors (Lipinski definition) is 4. The third-order valence-electron chi connectivity index (χ3n) is 2.61. The molecule has 4 nitrogen and oxygen atoms in total. The van der Waals surface area contributed by atoms with Gasteiger partial charge in [-0.05, 0) is 23.6 Å². The molecule has 114 valence electrons. The van der Waals surface area contributed by atoms with Crippen LogP contribution >= 0.6 is 0 Å². The highest BCUT2D eigenvalue weighted by molar-refractivity contribution is 7.88. The van der Waals surface area contributed by atoms with E-state index in [0.29, 0.717) is 5.39 Å². The van der Waals surface area contributed by atoms with Crippen LogP contribution in [0.4, 0.5) is 17.6 Å². The van der Waals surface area contributed by atoms with Crippen molar-refractivity contribution in [1.29, 1.82) is 0 Å². The standard InChI is InChI=1S/C12H8F4O4S/c1-19-8-4-2-7-3-5-10(13)11(9(7)6-8)20-21(17,18)12(14,15)16/h2-6H,1H3. The van der Waals surface area contributed by atoms with Gasteiger partial charge in [0.1, 0.15) is 5.75 Å². The fourth-order valence-electron chi connectivity index (χ4n) is 1.61. The van der Waals surface area contributed by atoms with Gasteiger partial charge in [0.25, 0.3) is 0 Å². The van der Waals surface area contributed by atoms with Crippen molar-refractivity contribution in [1.82, 2.24) is 0 Å². The van der Waals surface area contributed by atoms with E-state index in [1.165, 1.54) is 31.4 Å². The number of benzene rings is 2. The Morgan fingerprint density at radius 1 is 1.10 bits per heavy atom. The van der Waals surface area contributed by atoms with Gasteiger partial charge in [0.15, 0.2) is 11.6 Å². The van der Waals surface area contributed by atoms with E-state index in [2.05, 4.69) is 4.18 Å². The summed E-state index contributed by atoms with van der Waals surface area (Å²) in [5, 5.41) is 0.145. The topological polar surface area (TPSA) is 52.6 Å². The monoisotopic (exact) mass is 324 g/mol. The number of hydrogen-bond donors (Lipinski definition) is 0. The smallest absolute Gasteiger partial charge is 0.497 e. The van der Waals surface area contributed by atoms with Crippen molar-refractivity contribution in [2.24, 2.45) is 0 Å². The van der Waals surface area contributed by atoms with Crippen molar-refractivity contribution in [2.75, 3.05) is 7.11 Å². The van der Waals surface area contributed by atoms with Gasteiger partial charge in [0, 0.05) is 5.39 Å². The molecule has 0 aromatic heterocycles. The van der Waals surface area contributed by atoms with Crippen LogP contribution in [-0.4, -0.2) is 21.0 Å². The van der Waals surface area contributed by atoms with Crippen LogP contribution in [0.1, 0.15) is 0 Å². The first kappa shape index (κ1) is 15.4. The Hall–Kier alpha value is -2.03. The lowest BCUT2D eigenvalue weighted by molar-refractivity contribution is -0.0500. The molecule has 2 rings (SSSR count). The first-order valence-electron chi connectivity index (χ1n) is 5.43. The van der Waals surface area contributed by atoms with Crippen LogP contribution in [0.25, 0.3) is 10.8 Å². The molecule has 0 saturated carbocycles. The lowest BCUT2D eigenvalue weighted by Crippen LogP contribution is -2.28. The summed E-state index contributed by atoms with van der Waals surface area (Å²) in [6.07, 6.45) is 0. The number of alkyl halides is 3. The highest BCUT2D eigenvalue weighted by Crippen LogP contribution is 2.35. The van der Waals surface area contributed by atoms with Crippen molar-refractivity contribution in [2.45, 2.75) is 5.51 Å². The minimum Gasteiger partial charge on any atom is -0.497 e. The molecule has 0 heterocycles. The molecule has 0 N–H and O–H groups in total. The maximum atomic E-state index is 13.7. The molecule has 9 heteroatoms. The minimum atomic E-state index is -5.97. The summed E-state index contributed by atoms with van der Waals surface area (Å²) in [6, 6.07) is 6.19. The molecule has 21 heavy (non-hydrogen) atoms. The summed E-state index contributed by atoms with van der Waals surface area (Å²) in [5.74, 6) is -2.05. The summed E-state index contributed by atoms with van der Waals surface area (Å²) in [4.78, 5) is 0. The maximum absolute atomic E-state index is 13.7. The first-order valence-corrected chi connectivity index (χ1v) is 6.83. The largest absolute Gasteiger partial charge is 0.534 e. The van der Waals surface area contributed by atoms with Crippen molar-refractivity contribution in [3.8, 4) is 11.5 Å². The zero-order valence-electron chi connectivity index (χ0n) is 10.4. The lowest BCUT2D eigenvalue weighted by Gasteiger charge is -2.12. The molecule has 0 unspecified atom stereocenters. The van der Waals surface area contributed by atoms with E-state index in [4.69, 9.17) is 4.74 Å². The minimum absolute atomic E-state index is 0.151. The van der Waals surface area contributed by atoms with Crippen LogP contribution in [0.5, 0.6) is 11.5 Å². The normalized spacial score (nSPS) is 12.4.